The number of hydrogen-bond acceptors (Lipinski definition) is 3. The highest BCUT2D eigenvalue weighted by atomic mass is 16.2. The zero-order chi connectivity index (χ0) is 14.8. The first-order chi connectivity index (χ1) is 10.2. The predicted octanol–water partition coefficient (Wildman–Crippen LogP) is 1.69. The van der Waals surface area contributed by atoms with E-state index in [-0.39, 0.29) is 6.04 Å². The van der Waals surface area contributed by atoms with Crippen LogP contribution in [0.3, 0.4) is 0 Å². The maximum atomic E-state index is 12.3. The minimum absolute atomic E-state index is 0.220. The van der Waals surface area contributed by atoms with E-state index in [1.807, 2.05) is 4.90 Å². The molecule has 1 saturated heterocycles. The Hall–Kier alpha value is -0.610. The van der Waals surface area contributed by atoms with Crippen LogP contribution >= 0.6 is 0 Å². The Kier molecular flexibility index (Phi) is 4.85. The molecule has 0 spiro atoms. The van der Waals surface area contributed by atoms with Crippen LogP contribution in [0.15, 0.2) is 0 Å². The highest BCUT2D eigenvalue weighted by Gasteiger charge is 2.40. The van der Waals surface area contributed by atoms with Crippen LogP contribution in [0, 0.1) is 17.8 Å². The smallest absolute Gasteiger partial charge is 0.224 e. The van der Waals surface area contributed by atoms with Crippen molar-refractivity contribution in [2.75, 3.05) is 33.2 Å². The molecule has 1 amide bonds. The summed E-state index contributed by atoms with van der Waals surface area (Å²) in [6, 6.07) is 0.220. The minimum atomic E-state index is 0.220. The van der Waals surface area contributed by atoms with E-state index in [1.54, 1.807) is 0 Å². The van der Waals surface area contributed by atoms with Gasteiger partial charge in [-0.25, -0.2) is 0 Å². The first kappa shape index (κ1) is 15.3. The number of carbonyl (C=O) groups is 1. The number of nitrogens with zero attached hydrogens (tertiary/aromatic N) is 2. The van der Waals surface area contributed by atoms with Gasteiger partial charge in [-0.2, -0.15) is 0 Å². The normalized spacial score (nSPS) is 33.1. The topological polar surface area (TPSA) is 49.6 Å². The van der Waals surface area contributed by atoms with Gasteiger partial charge in [-0.3, -0.25) is 4.79 Å². The average molecular weight is 293 g/mol. The first-order valence-electron chi connectivity index (χ1n) is 8.85. The van der Waals surface area contributed by atoms with E-state index in [1.165, 1.54) is 38.5 Å². The van der Waals surface area contributed by atoms with Crippen molar-refractivity contribution >= 4 is 5.91 Å². The van der Waals surface area contributed by atoms with Gasteiger partial charge in [0.1, 0.15) is 0 Å². The highest BCUT2D eigenvalue weighted by molar-refractivity contribution is 5.77. The van der Waals surface area contributed by atoms with E-state index < -0.39 is 0 Å². The van der Waals surface area contributed by atoms with E-state index in [4.69, 9.17) is 5.73 Å². The standard InChI is InChI=1S/C17H31N3O/c1-19(12-15-9-13-4-5-14(15)8-13)16(11-18)10-17(21)20-6-2-3-7-20/h13-16H,2-12,18H2,1H3. The zero-order valence-corrected chi connectivity index (χ0v) is 13.5. The van der Waals surface area contributed by atoms with Gasteiger partial charge in [0, 0.05) is 38.6 Å². The van der Waals surface area contributed by atoms with Crippen LogP contribution in [0.2, 0.25) is 0 Å². The number of fused-ring (bicyclic) bond motifs is 2. The summed E-state index contributed by atoms with van der Waals surface area (Å²) < 4.78 is 0. The molecule has 4 atom stereocenters. The molecule has 2 N–H and O–H groups in total. The predicted molar refractivity (Wildman–Crippen MR) is 84.8 cm³/mol. The lowest BCUT2D eigenvalue weighted by Gasteiger charge is -2.33. The summed E-state index contributed by atoms with van der Waals surface area (Å²) in [5.41, 5.74) is 5.96. The molecule has 2 saturated carbocycles. The van der Waals surface area contributed by atoms with Crippen molar-refractivity contribution in [2.45, 2.75) is 51.0 Å². The molecule has 0 aromatic carbocycles. The van der Waals surface area contributed by atoms with Gasteiger partial charge in [-0.05, 0) is 56.9 Å². The van der Waals surface area contributed by atoms with Gasteiger partial charge in [-0.1, -0.05) is 6.42 Å². The third kappa shape index (κ3) is 3.42. The first-order valence-corrected chi connectivity index (χ1v) is 8.85. The molecular formula is C17H31N3O. The second-order valence-electron chi connectivity index (χ2n) is 7.56. The maximum absolute atomic E-state index is 12.3. The molecule has 0 aromatic heterocycles. The number of amides is 1. The molecule has 21 heavy (non-hydrogen) atoms. The summed E-state index contributed by atoms with van der Waals surface area (Å²) in [7, 11) is 2.17. The number of nitrogens with two attached hydrogens (primary N) is 1. The number of likely N-dealkylation sites (N-methyl/N-ethyl adjacent to an activating group) is 1. The van der Waals surface area contributed by atoms with E-state index in [9.17, 15) is 4.79 Å². The summed E-state index contributed by atoms with van der Waals surface area (Å²) in [4.78, 5) is 16.7. The maximum Gasteiger partial charge on any atom is 0.224 e. The van der Waals surface area contributed by atoms with E-state index in [0.717, 1.165) is 37.4 Å². The van der Waals surface area contributed by atoms with E-state index in [0.29, 0.717) is 18.9 Å². The van der Waals surface area contributed by atoms with Crippen LogP contribution in [0.4, 0.5) is 0 Å². The second kappa shape index (κ2) is 6.66. The van der Waals surface area contributed by atoms with Gasteiger partial charge in [0.15, 0.2) is 0 Å². The van der Waals surface area contributed by atoms with Crippen molar-refractivity contribution in [1.29, 1.82) is 0 Å². The monoisotopic (exact) mass is 293 g/mol. The molecule has 3 fully saturated rings. The Morgan fingerprint density at radius 1 is 1.29 bits per heavy atom. The third-order valence-corrected chi connectivity index (χ3v) is 6.17. The number of hydrogen-bond donors (Lipinski definition) is 1. The van der Waals surface area contributed by atoms with Crippen LogP contribution in [-0.2, 0) is 4.79 Å². The molecule has 0 aromatic rings. The molecule has 2 aliphatic carbocycles. The Bertz CT molecular complexity index is 367. The Labute approximate surface area is 129 Å². The van der Waals surface area contributed by atoms with Crippen LogP contribution in [0.5, 0.6) is 0 Å². The molecule has 1 aliphatic heterocycles. The number of carbonyl (C=O) groups excluding carboxylic acids is 1. The molecule has 120 valence electrons. The van der Waals surface area contributed by atoms with Crippen molar-refractivity contribution in [1.82, 2.24) is 9.80 Å². The summed E-state index contributed by atoms with van der Waals surface area (Å²) in [6.07, 6.45) is 8.69. The van der Waals surface area contributed by atoms with Gasteiger partial charge >= 0.3 is 0 Å². The minimum Gasteiger partial charge on any atom is -0.343 e. The molecule has 3 rings (SSSR count). The third-order valence-electron chi connectivity index (χ3n) is 6.17. The largest absolute Gasteiger partial charge is 0.343 e. The van der Waals surface area contributed by atoms with Gasteiger partial charge in [0.25, 0.3) is 0 Å². The fourth-order valence-corrected chi connectivity index (χ4v) is 4.84. The zero-order valence-electron chi connectivity index (χ0n) is 13.5. The van der Waals surface area contributed by atoms with E-state index in [2.05, 4.69) is 11.9 Å². The number of likely N-dealkylation sites (tertiary alicyclic amines) is 1. The van der Waals surface area contributed by atoms with Gasteiger partial charge in [0.05, 0.1) is 0 Å². The SMILES string of the molecule is CN(CC1CC2CCC1C2)C(CN)CC(=O)N1CCCC1. The van der Waals surface area contributed by atoms with Crippen LogP contribution in [-0.4, -0.2) is 55.0 Å². The lowest BCUT2D eigenvalue weighted by molar-refractivity contribution is -0.131. The van der Waals surface area contributed by atoms with Crippen molar-refractivity contribution in [2.24, 2.45) is 23.5 Å². The van der Waals surface area contributed by atoms with Crippen LogP contribution < -0.4 is 5.73 Å². The lowest BCUT2D eigenvalue weighted by atomic mass is 9.88. The molecule has 4 unspecified atom stereocenters. The molecule has 4 heteroatoms. The van der Waals surface area contributed by atoms with Crippen molar-refractivity contribution < 1.29 is 4.79 Å². The van der Waals surface area contributed by atoms with Crippen LogP contribution in [0.25, 0.3) is 0 Å². The van der Waals surface area contributed by atoms with Crippen molar-refractivity contribution in [3.05, 3.63) is 0 Å². The summed E-state index contributed by atoms with van der Waals surface area (Å²) in [5.74, 6) is 3.11. The molecule has 4 nitrogen and oxygen atoms in total. The molecular weight excluding hydrogens is 262 g/mol. The lowest BCUT2D eigenvalue weighted by Crippen LogP contribution is -2.44. The Morgan fingerprint density at radius 2 is 2.05 bits per heavy atom. The molecule has 2 bridgehead atoms. The Balaban J connectivity index is 1.49. The second-order valence-corrected chi connectivity index (χ2v) is 7.56. The Morgan fingerprint density at radius 3 is 2.62 bits per heavy atom. The molecule has 3 aliphatic rings. The van der Waals surface area contributed by atoms with Gasteiger partial charge in [0.2, 0.25) is 5.91 Å². The van der Waals surface area contributed by atoms with Crippen molar-refractivity contribution in [3.63, 3.8) is 0 Å². The fraction of sp³-hybridized carbons (Fsp3) is 0.941. The molecule has 1 heterocycles. The van der Waals surface area contributed by atoms with Crippen molar-refractivity contribution in [3.8, 4) is 0 Å². The van der Waals surface area contributed by atoms with Crippen LogP contribution in [0.1, 0.15) is 44.9 Å². The average Bonchev–Trinajstić information content (AvgIpc) is 3.20. The molecule has 0 radical (unpaired) electrons. The van der Waals surface area contributed by atoms with E-state index >= 15 is 0 Å². The highest BCUT2D eigenvalue weighted by Crippen LogP contribution is 2.48. The number of rotatable bonds is 6. The summed E-state index contributed by atoms with van der Waals surface area (Å²) in [6.45, 7) is 3.63. The van der Waals surface area contributed by atoms with Gasteiger partial charge in [-0.15, -0.1) is 0 Å². The summed E-state index contributed by atoms with van der Waals surface area (Å²) >= 11 is 0. The van der Waals surface area contributed by atoms with Gasteiger partial charge < -0.3 is 15.5 Å². The fourth-order valence-electron chi connectivity index (χ4n) is 4.84. The summed E-state index contributed by atoms with van der Waals surface area (Å²) in [5, 5.41) is 0. The quantitative estimate of drug-likeness (QED) is 0.811.